The lowest BCUT2D eigenvalue weighted by molar-refractivity contribution is -0.143. The maximum Gasteiger partial charge on any atom is 0.241 e. The molecule has 1 aliphatic heterocycles. The van der Waals surface area contributed by atoms with Crippen molar-refractivity contribution in [3.8, 4) is 0 Å². The number of aryl methyl sites for hydroxylation is 1. The summed E-state index contributed by atoms with van der Waals surface area (Å²) in [5.74, 6) is 0.0406. The molecule has 0 unspecified atom stereocenters. The van der Waals surface area contributed by atoms with Gasteiger partial charge in [0.25, 0.3) is 0 Å². The summed E-state index contributed by atoms with van der Waals surface area (Å²) in [4.78, 5) is 26.9. The van der Waals surface area contributed by atoms with E-state index in [4.69, 9.17) is 0 Å². The molecule has 0 bridgehead atoms. The van der Waals surface area contributed by atoms with Crippen LogP contribution >= 0.6 is 0 Å². The van der Waals surface area contributed by atoms with E-state index in [1.54, 1.807) is 16.8 Å². The molecule has 1 saturated heterocycles. The zero-order chi connectivity index (χ0) is 13.1. The smallest absolute Gasteiger partial charge is 0.241 e. The maximum absolute atomic E-state index is 12.1. The molecule has 2 rings (SSSR count). The Balaban J connectivity index is 1.96. The zero-order valence-electron chi connectivity index (χ0n) is 10.8. The molecule has 4 heteroatoms. The summed E-state index contributed by atoms with van der Waals surface area (Å²) in [7, 11) is 1.77. The molecule has 1 aromatic rings. The Hall–Kier alpha value is -1.84. The number of carbonyl (C=O) groups is 2. The molecule has 0 atom stereocenters. The molecule has 1 fully saturated rings. The van der Waals surface area contributed by atoms with Crippen LogP contribution in [0.25, 0.3) is 0 Å². The predicted octanol–water partition coefficient (Wildman–Crippen LogP) is 0.838. The zero-order valence-corrected chi connectivity index (χ0v) is 10.8. The topological polar surface area (TPSA) is 40.6 Å². The van der Waals surface area contributed by atoms with Crippen LogP contribution in [-0.2, 0) is 16.0 Å². The molecular weight excluding hydrogens is 228 g/mol. The highest BCUT2D eigenvalue weighted by Crippen LogP contribution is 2.08. The van der Waals surface area contributed by atoms with Crippen LogP contribution in [0.2, 0.25) is 0 Å². The fourth-order valence-electron chi connectivity index (χ4n) is 1.96. The van der Waals surface area contributed by atoms with Gasteiger partial charge in [-0.25, -0.2) is 0 Å². The number of nitrogens with zero attached hydrogens (tertiary/aromatic N) is 2. The van der Waals surface area contributed by atoms with E-state index >= 15 is 0 Å². The third-order valence-electron chi connectivity index (χ3n) is 3.29. The summed E-state index contributed by atoms with van der Waals surface area (Å²) in [5.41, 5.74) is 2.18. The monoisotopic (exact) mass is 246 g/mol. The Morgan fingerprint density at radius 2 is 1.89 bits per heavy atom. The highest BCUT2D eigenvalue weighted by atomic mass is 16.2. The van der Waals surface area contributed by atoms with E-state index in [0.717, 1.165) is 5.56 Å². The van der Waals surface area contributed by atoms with Crippen molar-refractivity contribution in [3.63, 3.8) is 0 Å². The van der Waals surface area contributed by atoms with Crippen molar-refractivity contribution in [2.24, 2.45) is 0 Å². The SMILES string of the molecule is Cc1ccc(CC(=O)N2CCN(C)C(=O)C2)cc1. The third-order valence-corrected chi connectivity index (χ3v) is 3.29. The van der Waals surface area contributed by atoms with Gasteiger partial charge in [0.1, 0.15) is 0 Å². The summed E-state index contributed by atoms with van der Waals surface area (Å²) in [6.07, 6.45) is 0.372. The highest BCUT2D eigenvalue weighted by molar-refractivity contribution is 5.86. The average Bonchev–Trinajstić information content (AvgIpc) is 2.35. The van der Waals surface area contributed by atoms with Crippen molar-refractivity contribution in [2.75, 3.05) is 26.7 Å². The van der Waals surface area contributed by atoms with Crippen LogP contribution in [0.4, 0.5) is 0 Å². The average molecular weight is 246 g/mol. The van der Waals surface area contributed by atoms with Gasteiger partial charge in [-0.05, 0) is 12.5 Å². The van der Waals surface area contributed by atoms with Crippen LogP contribution in [0.5, 0.6) is 0 Å². The number of rotatable bonds is 2. The van der Waals surface area contributed by atoms with E-state index in [-0.39, 0.29) is 18.4 Å². The number of benzene rings is 1. The molecule has 1 heterocycles. The molecule has 96 valence electrons. The van der Waals surface area contributed by atoms with E-state index in [1.807, 2.05) is 31.2 Å². The molecule has 1 aliphatic rings. The summed E-state index contributed by atoms with van der Waals surface area (Å²) in [5, 5.41) is 0. The van der Waals surface area contributed by atoms with Gasteiger partial charge in [0.05, 0.1) is 13.0 Å². The van der Waals surface area contributed by atoms with Crippen molar-refractivity contribution >= 4 is 11.8 Å². The van der Waals surface area contributed by atoms with Crippen molar-refractivity contribution in [1.82, 2.24) is 9.80 Å². The van der Waals surface area contributed by atoms with E-state index in [0.29, 0.717) is 19.5 Å². The molecule has 0 aromatic heterocycles. The van der Waals surface area contributed by atoms with Gasteiger partial charge in [0.15, 0.2) is 0 Å². The van der Waals surface area contributed by atoms with E-state index in [9.17, 15) is 9.59 Å². The number of hydrogen-bond donors (Lipinski definition) is 0. The van der Waals surface area contributed by atoms with Gasteiger partial charge < -0.3 is 9.80 Å². The summed E-state index contributed by atoms with van der Waals surface area (Å²) < 4.78 is 0. The van der Waals surface area contributed by atoms with Crippen molar-refractivity contribution in [3.05, 3.63) is 35.4 Å². The second-order valence-corrected chi connectivity index (χ2v) is 4.79. The van der Waals surface area contributed by atoms with Crippen LogP contribution in [0.15, 0.2) is 24.3 Å². The number of carbonyl (C=O) groups excluding carboxylic acids is 2. The first kappa shape index (κ1) is 12.6. The van der Waals surface area contributed by atoms with Crippen molar-refractivity contribution in [1.29, 1.82) is 0 Å². The van der Waals surface area contributed by atoms with E-state index in [1.165, 1.54) is 5.56 Å². The molecular formula is C14H18N2O2. The molecule has 2 amide bonds. The number of likely N-dealkylation sites (N-methyl/N-ethyl adjacent to an activating group) is 1. The Labute approximate surface area is 107 Å². The minimum Gasteiger partial charge on any atom is -0.342 e. The van der Waals surface area contributed by atoms with Gasteiger partial charge >= 0.3 is 0 Å². The number of hydrogen-bond acceptors (Lipinski definition) is 2. The summed E-state index contributed by atoms with van der Waals surface area (Å²) in [6, 6.07) is 7.92. The Morgan fingerprint density at radius 1 is 1.22 bits per heavy atom. The van der Waals surface area contributed by atoms with Crippen LogP contribution in [-0.4, -0.2) is 48.3 Å². The van der Waals surface area contributed by atoms with Crippen LogP contribution < -0.4 is 0 Å². The lowest BCUT2D eigenvalue weighted by atomic mass is 10.1. The fraction of sp³-hybridized carbons (Fsp3) is 0.429. The lowest BCUT2D eigenvalue weighted by Gasteiger charge is -2.32. The van der Waals surface area contributed by atoms with Gasteiger partial charge in [0, 0.05) is 20.1 Å². The second-order valence-electron chi connectivity index (χ2n) is 4.79. The maximum atomic E-state index is 12.1. The van der Waals surface area contributed by atoms with E-state index in [2.05, 4.69) is 0 Å². The quantitative estimate of drug-likeness (QED) is 0.776. The minimum atomic E-state index is 0.0125. The fourth-order valence-corrected chi connectivity index (χ4v) is 1.96. The van der Waals surface area contributed by atoms with Crippen molar-refractivity contribution in [2.45, 2.75) is 13.3 Å². The first-order chi connectivity index (χ1) is 8.56. The molecule has 0 spiro atoms. The van der Waals surface area contributed by atoms with E-state index < -0.39 is 0 Å². The normalized spacial score (nSPS) is 16.0. The van der Waals surface area contributed by atoms with Crippen LogP contribution in [0.1, 0.15) is 11.1 Å². The molecule has 0 aliphatic carbocycles. The Bertz CT molecular complexity index is 453. The van der Waals surface area contributed by atoms with Gasteiger partial charge in [-0.15, -0.1) is 0 Å². The summed E-state index contributed by atoms with van der Waals surface area (Å²) in [6.45, 7) is 3.48. The second kappa shape index (κ2) is 5.21. The Kier molecular flexibility index (Phi) is 3.65. The predicted molar refractivity (Wildman–Crippen MR) is 69.1 cm³/mol. The van der Waals surface area contributed by atoms with Crippen molar-refractivity contribution < 1.29 is 9.59 Å². The van der Waals surface area contributed by atoms with Gasteiger partial charge in [-0.2, -0.15) is 0 Å². The first-order valence-electron chi connectivity index (χ1n) is 6.13. The van der Waals surface area contributed by atoms with Crippen LogP contribution in [0, 0.1) is 6.92 Å². The van der Waals surface area contributed by atoms with Crippen LogP contribution in [0.3, 0.4) is 0 Å². The first-order valence-corrected chi connectivity index (χ1v) is 6.13. The van der Waals surface area contributed by atoms with Gasteiger partial charge in [-0.1, -0.05) is 29.8 Å². The molecule has 0 N–H and O–H groups in total. The molecule has 18 heavy (non-hydrogen) atoms. The van der Waals surface area contributed by atoms with Gasteiger partial charge in [-0.3, -0.25) is 9.59 Å². The minimum absolute atomic E-state index is 0.0125. The number of amides is 2. The molecule has 0 saturated carbocycles. The molecule has 1 aromatic carbocycles. The Morgan fingerprint density at radius 3 is 2.50 bits per heavy atom. The standard InChI is InChI=1S/C14H18N2O2/c1-11-3-5-12(6-4-11)9-13(17)16-8-7-15(2)14(18)10-16/h3-6H,7-10H2,1-2H3. The molecule has 4 nitrogen and oxygen atoms in total. The highest BCUT2D eigenvalue weighted by Gasteiger charge is 2.24. The summed E-state index contributed by atoms with van der Waals surface area (Å²) >= 11 is 0. The number of piperazine rings is 1. The molecule has 0 radical (unpaired) electrons. The van der Waals surface area contributed by atoms with Gasteiger partial charge in [0.2, 0.25) is 11.8 Å². The lowest BCUT2D eigenvalue weighted by Crippen LogP contribution is -2.51. The third kappa shape index (κ3) is 2.88. The largest absolute Gasteiger partial charge is 0.342 e.